The van der Waals surface area contributed by atoms with Crippen LogP contribution >= 0.6 is 0 Å². The number of carboxylic acids is 1. The monoisotopic (exact) mass is 350 g/mol. The largest absolute Gasteiger partial charge is 0.490 e. The highest BCUT2D eigenvalue weighted by Gasteiger charge is 2.43. The van der Waals surface area contributed by atoms with E-state index in [1.54, 1.807) is 0 Å². The lowest BCUT2D eigenvalue weighted by Crippen LogP contribution is -2.56. The van der Waals surface area contributed by atoms with Crippen LogP contribution in [0.25, 0.3) is 0 Å². The van der Waals surface area contributed by atoms with Crippen LogP contribution in [-0.4, -0.2) is 34.6 Å². The summed E-state index contributed by atoms with van der Waals surface area (Å²) in [6.07, 6.45) is 3.14. The second-order valence-electron chi connectivity index (χ2n) is 6.34. The number of benzene rings is 1. The fourth-order valence-corrected chi connectivity index (χ4v) is 3.23. The van der Waals surface area contributed by atoms with Crippen molar-refractivity contribution < 1.29 is 24.4 Å². The van der Waals surface area contributed by atoms with E-state index < -0.39 is 22.3 Å². The predicted octanol–water partition coefficient (Wildman–Crippen LogP) is 2.76. The molecule has 0 heterocycles. The van der Waals surface area contributed by atoms with Gasteiger partial charge in [0, 0.05) is 11.6 Å². The number of nitrogens with one attached hydrogen (secondary N) is 1. The lowest BCUT2D eigenvalue weighted by Gasteiger charge is -2.37. The molecular formula is C17H22N2O6. The van der Waals surface area contributed by atoms with Crippen molar-refractivity contribution in [3.63, 3.8) is 0 Å². The van der Waals surface area contributed by atoms with Gasteiger partial charge in [-0.2, -0.15) is 0 Å². The number of aliphatic carboxylic acids is 1. The van der Waals surface area contributed by atoms with Crippen molar-refractivity contribution >= 4 is 17.6 Å². The van der Waals surface area contributed by atoms with Crippen LogP contribution in [0, 0.1) is 16.0 Å². The minimum atomic E-state index is -1.32. The number of hydrogen-bond acceptors (Lipinski definition) is 5. The van der Waals surface area contributed by atoms with Crippen molar-refractivity contribution in [1.82, 2.24) is 5.32 Å². The fourth-order valence-electron chi connectivity index (χ4n) is 3.23. The van der Waals surface area contributed by atoms with Crippen LogP contribution in [-0.2, 0) is 4.79 Å². The van der Waals surface area contributed by atoms with E-state index in [0.717, 1.165) is 25.3 Å². The third-order valence-corrected chi connectivity index (χ3v) is 4.94. The van der Waals surface area contributed by atoms with Crippen molar-refractivity contribution in [3.05, 3.63) is 33.9 Å². The molecule has 1 fully saturated rings. The molecule has 1 amide bonds. The molecule has 2 rings (SSSR count). The number of hydrogen-bond donors (Lipinski definition) is 2. The maximum absolute atomic E-state index is 12.5. The van der Waals surface area contributed by atoms with Gasteiger partial charge in [-0.05, 0) is 43.7 Å². The van der Waals surface area contributed by atoms with E-state index in [1.165, 1.54) is 19.2 Å². The summed E-state index contributed by atoms with van der Waals surface area (Å²) in [5.41, 5.74) is -1.63. The third-order valence-electron chi connectivity index (χ3n) is 4.94. The van der Waals surface area contributed by atoms with Gasteiger partial charge in [-0.1, -0.05) is 13.3 Å². The van der Waals surface area contributed by atoms with E-state index in [1.807, 2.05) is 0 Å². The van der Waals surface area contributed by atoms with Crippen molar-refractivity contribution in [2.45, 2.75) is 44.6 Å². The molecule has 1 saturated carbocycles. The minimum absolute atomic E-state index is 0.0331. The number of rotatable bonds is 6. The fraction of sp³-hybridized carbons (Fsp3) is 0.529. The molecule has 0 radical (unpaired) electrons. The summed E-state index contributed by atoms with van der Waals surface area (Å²) in [5, 5.41) is 23.3. The van der Waals surface area contributed by atoms with Gasteiger partial charge in [0.2, 0.25) is 0 Å². The van der Waals surface area contributed by atoms with E-state index in [4.69, 9.17) is 4.74 Å². The van der Waals surface area contributed by atoms with Gasteiger partial charge >= 0.3 is 11.7 Å². The smallest absolute Gasteiger partial charge is 0.329 e. The maximum atomic E-state index is 12.5. The molecule has 8 heteroatoms. The van der Waals surface area contributed by atoms with Crippen molar-refractivity contribution in [2.24, 2.45) is 5.92 Å². The Bertz CT molecular complexity index is 680. The molecule has 0 saturated heterocycles. The second kappa shape index (κ2) is 7.50. The Morgan fingerprint density at radius 3 is 2.52 bits per heavy atom. The molecule has 0 spiro atoms. The van der Waals surface area contributed by atoms with E-state index in [0.29, 0.717) is 18.8 Å². The lowest BCUT2D eigenvalue weighted by atomic mass is 9.75. The van der Waals surface area contributed by atoms with Gasteiger partial charge in [0.25, 0.3) is 5.91 Å². The molecule has 0 unspecified atom stereocenters. The summed E-state index contributed by atoms with van der Waals surface area (Å²) < 4.78 is 4.91. The van der Waals surface area contributed by atoms with Crippen molar-refractivity contribution in [1.29, 1.82) is 0 Å². The zero-order valence-corrected chi connectivity index (χ0v) is 14.3. The highest BCUT2D eigenvalue weighted by atomic mass is 16.6. The Morgan fingerprint density at radius 2 is 2.04 bits per heavy atom. The van der Waals surface area contributed by atoms with Crippen LogP contribution in [0.5, 0.6) is 5.75 Å². The molecule has 8 nitrogen and oxygen atoms in total. The van der Waals surface area contributed by atoms with E-state index in [9.17, 15) is 24.8 Å². The predicted molar refractivity (Wildman–Crippen MR) is 89.7 cm³/mol. The van der Waals surface area contributed by atoms with Gasteiger partial charge in [-0.3, -0.25) is 14.9 Å². The molecule has 2 N–H and O–H groups in total. The summed E-state index contributed by atoms with van der Waals surface area (Å²) >= 11 is 0. The zero-order valence-electron chi connectivity index (χ0n) is 14.3. The number of nitro groups is 1. The first-order valence-electron chi connectivity index (χ1n) is 8.21. The van der Waals surface area contributed by atoms with Crippen LogP contribution in [0.2, 0.25) is 0 Å². The quantitative estimate of drug-likeness (QED) is 0.601. The van der Waals surface area contributed by atoms with Crippen molar-refractivity contribution in [3.8, 4) is 5.75 Å². The van der Waals surface area contributed by atoms with Crippen LogP contribution in [0.4, 0.5) is 5.69 Å². The topological polar surface area (TPSA) is 119 Å². The molecule has 1 aromatic carbocycles. The SMILES string of the molecule is CCC1CCC(NC(=O)c2ccc(OC)c([N+](=O)[O-])c2)(C(=O)O)CC1. The zero-order chi connectivity index (χ0) is 18.6. The normalized spacial score (nSPS) is 22.9. The molecule has 1 aromatic rings. The number of carbonyl (C=O) groups excluding carboxylic acids is 1. The van der Waals surface area contributed by atoms with Gasteiger partial charge in [0.15, 0.2) is 5.75 Å². The molecular weight excluding hydrogens is 328 g/mol. The summed E-state index contributed by atoms with van der Waals surface area (Å²) in [6.45, 7) is 2.06. The number of nitrogens with zero attached hydrogens (tertiary/aromatic N) is 1. The minimum Gasteiger partial charge on any atom is -0.490 e. The molecule has 0 bridgehead atoms. The number of nitro benzene ring substituents is 1. The van der Waals surface area contributed by atoms with E-state index in [2.05, 4.69) is 12.2 Å². The number of carbonyl (C=O) groups is 2. The first-order chi connectivity index (χ1) is 11.8. The first kappa shape index (κ1) is 18.7. The average molecular weight is 350 g/mol. The summed E-state index contributed by atoms with van der Waals surface area (Å²) in [5.74, 6) is -1.20. The van der Waals surface area contributed by atoms with Gasteiger partial charge < -0.3 is 15.2 Å². The standard InChI is InChI=1S/C17H22N2O6/c1-3-11-6-8-17(9-7-11,16(21)22)18-15(20)12-4-5-14(25-2)13(10-12)19(23)24/h4-5,10-11H,3,6-9H2,1-2H3,(H,18,20)(H,21,22). The molecule has 1 aliphatic rings. The van der Waals surface area contributed by atoms with E-state index in [-0.39, 0.29) is 17.0 Å². The first-order valence-corrected chi connectivity index (χ1v) is 8.21. The van der Waals surface area contributed by atoms with Crippen LogP contribution in [0.15, 0.2) is 18.2 Å². The average Bonchev–Trinajstić information content (AvgIpc) is 2.61. The van der Waals surface area contributed by atoms with E-state index >= 15 is 0 Å². The Kier molecular flexibility index (Phi) is 5.61. The Morgan fingerprint density at radius 1 is 1.40 bits per heavy atom. The van der Waals surface area contributed by atoms with Gasteiger partial charge in [0.05, 0.1) is 12.0 Å². The maximum Gasteiger partial charge on any atom is 0.329 e. The van der Waals surface area contributed by atoms with Gasteiger partial charge in [-0.15, -0.1) is 0 Å². The molecule has 1 aliphatic carbocycles. The van der Waals surface area contributed by atoms with Crippen LogP contribution in [0.3, 0.4) is 0 Å². The van der Waals surface area contributed by atoms with Gasteiger partial charge in [-0.25, -0.2) is 4.79 Å². The van der Waals surface area contributed by atoms with Crippen LogP contribution < -0.4 is 10.1 Å². The van der Waals surface area contributed by atoms with Gasteiger partial charge in [0.1, 0.15) is 5.54 Å². The Labute approximate surface area is 145 Å². The molecule has 25 heavy (non-hydrogen) atoms. The van der Waals surface area contributed by atoms with Crippen LogP contribution in [0.1, 0.15) is 49.4 Å². The Balaban J connectivity index is 2.24. The molecule has 0 atom stereocenters. The number of carboxylic acid groups (broad SMARTS) is 1. The molecule has 0 aromatic heterocycles. The molecule has 0 aliphatic heterocycles. The highest BCUT2D eigenvalue weighted by Crippen LogP contribution is 2.34. The lowest BCUT2D eigenvalue weighted by molar-refractivity contribution is -0.385. The highest BCUT2D eigenvalue weighted by molar-refractivity contribution is 5.98. The summed E-state index contributed by atoms with van der Waals surface area (Å²) in [4.78, 5) is 34.7. The summed E-state index contributed by atoms with van der Waals surface area (Å²) in [7, 11) is 1.30. The number of amides is 1. The summed E-state index contributed by atoms with van der Waals surface area (Å²) in [6, 6.07) is 3.81. The third kappa shape index (κ3) is 3.89. The van der Waals surface area contributed by atoms with Crippen molar-refractivity contribution in [2.75, 3.05) is 7.11 Å². The molecule has 136 valence electrons. The Hall–Kier alpha value is -2.64. The second-order valence-corrected chi connectivity index (χ2v) is 6.34. The number of methoxy groups -OCH3 is 1. The number of ether oxygens (including phenoxy) is 1.